The van der Waals surface area contributed by atoms with Gasteiger partial charge in [0.05, 0.1) is 12.8 Å². The van der Waals surface area contributed by atoms with Crippen molar-refractivity contribution in [3.8, 4) is 11.5 Å². The van der Waals surface area contributed by atoms with E-state index in [1.165, 1.54) is 20.1 Å². The van der Waals surface area contributed by atoms with Crippen LogP contribution in [0.1, 0.15) is 49.4 Å². The van der Waals surface area contributed by atoms with E-state index in [1.807, 2.05) is 0 Å². The van der Waals surface area contributed by atoms with Crippen molar-refractivity contribution in [2.45, 2.75) is 20.8 Å². The van der Waals surface area contributed by atoms with E-state index in [0.29, 0.717) is 44.6 Å². The van der Waals surface area contributed by atoms with Crippen molar-refractivity contribution in [2.24, 2.45) is 0 Å². The van der Waals surface area contributed by atoms with Crippen molar-refractivity contribution < 1.29 is 23.9 Å². The fourth-order valence-corrected chi connectivity index (χ4v) is 3.10. The molecule has 0 unspecified atom stereocenters. The summed E-state index contributed by atoms with van der Waals surface area (Å²) in [5, 5.41) is 0. The Morgan fingerprint density at radius 1 is 1.24 bits per heavy atom. The number of nitrogens with one attached hydrogen (secondary N) is 1. The largest absolute Gasteiger partial charge is 0.493 e. The van der Waals surface area contributed by atoms with Crippen LogP contribution in [0.4, 0.5) is 0 Å². The van der Waals surface area contributed by atoms with Crippen LogP contribution in [0, 0.1) is 13.8 Å². The summed E-state index contributed by atoms with van der Waals surface area (Å²) in [6.07, 6.45) is 0.676. The number of aromatic nitrogens is 1. The van der Waals surface area contributed by atoms with Crippen LogP contribution in [0.3, 0.4) is 0 Å². The maximum absolute atomic E-state index is 12.5. The van der Waals surface area contributed by atoms with E-state index in [0.717, 1.165) is 0 Å². The van der Waals surface area contributed by atoms with E-state index in [-0.39, 0.29) is 23.9 Å². The molecule has 1 aromatic heterocycles. The summed E-state index contributed by atoms with van der Waals surface area (Å²) >= 11 is 3.26. The third-order valence-electron chi connectivity index (χ3n) is 3.84. The molecule has 7 heteroatoms. The summed E-state index contributed by atoms with van der Waals surface area (Å²) in [5.41, 5.74) is 2.50. The van der Waals surface area contributed by atoms with Crippen molar-refractivity contribution in [3.63, 3.8) is 0 Å². The summed E-state index contributed by atoms with van der Waals surface area (Å²) in [7, 11) is 1.47. The third-order valence-corrected chi connectivity index (χ3v) is 4.52. The summed E-state index contributed by atoms with van der Waals surface area (Å²) in [6, 6.07) is 3.10. The van der Waals surface area contributed by atoms with E-state index < -0.39 is 0 Å². The zero-order chi connectivity index (χ0) is 18.7. The molecule has 0 aliphatic carbocycles. The summed E-state index contributed by atoms with van der Waals surface area (Å²) in [6.45, 7) is 4.67. The summed E-state index contributed by atoms with van der Waals surface area (Å²) in [5.74, 6) is 0.283. The molecule has 0 saturated carbocycles. The number of aldehydes is 1. The minimum Gasteiger partial charge on any atom is -0.493 e. The van der Waals surface area contributed by atoms with E-state index in [2.05, 4.69) is 20.9 Å². The second kappa shape index (κ2) is 7.65. The second-order valence-electron chi connectivity index (χ2n) is 5.54. The normalized spacial score (nSPS) is 10.4. The molecule has 25 heavy (non-hydrogen) atoms. The minimum absolute atomic E-state index is 0.101. The first-order valence-electron chi connectivity index (χ1n) is 7.49. The SMILES string of the molecule is COc1cc(Br)c(C=O)cc1OCC(=O)c1[nH]c(C)c(C(C)=O)c1C. The molecule has 0 atom stereocenters. The molecule has 2 rings (SSSR count). The molecule has 0 aliphatic heterocycles. The average molecular weight is 408 g/mol. The van der Waals surface area contributed by atoms with Crippen molar-refractivity contribution in [3.05, 3.63) is 44.7 Å². The van der Waals surface area contributed by atoms with Crippen molar-refractivity contribution >= 4 is 33.8 Å². The molecular weight excluding hydrogens is 390 g/mol. The zero-order valence-corrected chi connectivity index (χ0v) is 15.9. The molecule has 0 fully saturated rings. The lowest BCUT2D eigenvalue weighted by Crippen LogP contribution is -2.14. The topological polar surface area (TPSA) is 85.5 Å². The number of rotatable bonds is 7. The van der Waals surface area contributed by atoms with Crippen LogP contribution in [-0.4, -0.2) is 36.6 Å². The van der Waals surface area contributed by atoms with Crippen LogP contribution in [0.2, 0.25) is 0 Å². The van der Waals surface area contributed by atoms with E-state index >= 15 is 0 Å². The Balaban J connectivity index is 2.25. The van der Waals surface area contributed by atoms with Crippen LogP contribution in [0.5, 0.6) is 11.5 Å². The number of hydrogen-bond donors (Lipinski definition) is 1. The van der Waals surface area contributed by atoms with Crippen LogP contribution in [0.25, 0.3) is 0 Å². The Morgan fingerprint density at radius 3 is 2.44 bits per heavy atom. The summed E-state index contributed by atoms with van der Waals surface area (Å²) < 4.78 is 11.3. The van der Waals surface area contributed by atoms with Crippen LogP contribution in [-0.2, 0) is 0 Å². The fourth-order valence-electron chi connectivity index (χ4n) is 2.69. The molecule has 0 aliphatic rings. The molecule has 0 saturated heterocycles. The Morgan fingerprint density at radius 2 is 1.92 bits per heavy atom. The van der Waals surface area contributed by atoms with Crippen molar-refractivity contribution in [2.75, 3.05) is 13.7 Å². The Labute approximate surface area is 153 Å². The number of halogens is 1. The minimum atomic E-state index is -0.300. The van der Waals surface area contributed by atoms with Gasteiger partial charge in [-0.25, -0.2) is 0 Å². The number of ether oxygens (including phenoxy) is 2. The lowest BCUT2D eigenvalue weighted by molar-refractivity contribution is 0.0914. The van der Waals surface area contributed by atoms with Gasteiger partial charge in [0.1, 0.15) is 0 Å². The first-order chi connectivity index (χ1) is 11.8. The molecule has 1 heterocycles. The van der Waals surface area contributed by atoms with Gasteiger partial charge >= 0.3 is 0 Å². The smallest absolute Gasteiger partial charge is 0.216 e. The Kier molecular flexibility index (Phi) is 5.79. The third kappa shape index (κ3) is 3.82. The van der Waals surface area contributed by atoms with Gasteiger partial charge in [0.2, 0.25) is 5.78 Å². The number of benzene rings is 1. The van der Waals surface area contributed by atoms with Gasteiger partial charge in [0, 0.05) is 21.3 Å². The first kappa shape index (κ1) is 18.9. The van der Waals surface area contributed by atoms with Gasteiger partial charge in [-0.05, 0) is 54.4 Å². The molecule has 0 spiro atoms. The van der Waals surface area contributed by atoms with Gasteiger partial charge in [-0.2, -0.15) is 0 Å². The highest BCUT2D eigenvalue weighted by atomic mass is 79.9. The number of aryl methyl sites for hydroxylation is 1. The first-order valence-corrected chi connectivity index (χ1v) is 8.28. The number of ketones is 2. The van der Waals surface area contributed by atoms with Crippen molar-refractivity contribution in [1.82, 2.24) is 4.98 Å². The fraction of sp³-hybridized carbons (Fsp3) is 0.278. The monoisotopic (exact) mass is 407 g/mol. The molecule has 0 amide bonds. The second-order valence-corrected chi connectivity index (χ2v) is 6.39. The maximum Gasteiger partial charge on any atom is 0.216 e. The lowest BCUT2D eigenvalue weighted by atomic mass is 10.1. The quantitative estimate of drug-likeness (QED) is 0.558. The van der Waals surface area contributed by atoms with Crippen LogP contribution >= 0.6 is 15.9 Å². The van der Waals surface area contributed by atoms with Crippen molar-refractivity contribution in [1.29, 1.82) is 0 Å². The molecule has 6 nitrogen and oxygen atoms in total. The van der Waals surface area contributed by atoms with E-state index in [9.17, 15) is 14.4 Å². The molecule has 0 bridgehead atoms. The van der Waals surface area contributed by atoms with Gasteiger partial charge in [-0.1, -0.05) is 0 Å². The number of aromatic amines is 1. The summed E-state index contributed by atoms with van der Waals surface area (Å²) in [4.78, 5) is 38.1. The molecule has 1 N–H and O–H groups in total. The lowest BCUT2D eigenvalue weighted by Gasteiger charge is -2.11. The predicted octanol–water partition coefficient (Wildman–Crippen LogP) is 3.68. The van der Waals surface area contributed by atoms with E-state index in [4.69, 9.17) is 9.47 Å². The highest BCUT2D eigenvalue weighted by Gasteiger charge is 2.20. The number of methoxy groups -OCH3 is 1. The highest BCUT2D eigenvalue weighted by molar-refractivity contribution is 9.10. The Bertz CT molecular complexity index is 854. The zero-order valence-electron chi connectivity index (χ0n) is 14.4. The molecular formula is C18H18BrNO5. The number of Topliss-reactive ketones (excluding diaryl/α,β-unsaturated/α-hetero) is 2. The predicted molar refractivity (Wildman–Crippen MR) is 96.2 cm³/mol. The maximum atomic E-state index is 12.5. The molecule has 132 valence electrons. The van der Waals surface area contributed by atoms with Gasteiger partial charge in [0.25, 0.3) is 0 Å². The number of hydrogen-bond acceptors (Lipinski definition) is 5. The van der Waals surface area contributed by atoms with Gasteiger partial charge < -0.3 is 14.5 Å². The van der Waals surface area contributed by atoms with Gasteiger partial charge in [0.15, 0.2) is 30.2 Å². The standard InChI is InChI=1S/C18H18BrNO5/c1-9-17(11(3)22)10(2)20-18(9)14(23)8-25-16-5-12(7-21)13(19)6-15(16)24-4/h5-7,20H,8H2,1-4H3. The molecule has 1 aromatic carbocycles. The number of carbonyl (C=O) groups excluding carboxylic acids is 3. The highest BCUT2D eigenvalue weighted by Crippen LogP contribution is 2.33. The van der Waals surface area contributed by atoms with E-state index in [1.54, 1.807) is 19.9 Å². The Hall–Kier alpha value is -2.41. The average Bonchev–Trinajstić information content (AvgIpc) is 2.87. The van der Waals surface area contributed by atoms with Crippen LogP contribution < -0.4 is 9.47 Å². The van der Waals surface area contributed by atoms with Gasteiger partial charge in [-0.15, -0.1) is 0 Å². The number of carbonyl (C=O) groups is 3. The van der Waals surface area contributed by atoms with Gasteiger partial charge in [-0.3, -0.25) is 14.4 Å². The molecule has 0 radical (unpaired) electrons. The molecule has 2 aromatic rings. The van der Waals surface area contributed by atoms with Crippen LogP contribution in [0.15, 0.2) is 16.6 Å². The number of H-pyrrole nitrogens is 1.